The van der Waals surface area contributed by atoms with Gasteiger partial charge in [-0.25, -0.2) is 0 Å². The van der Waals surface area contributed by atoms with Crippen LogP contribution in [0.1, 0.15) is 11.1 Å². The van der Waals surface area contributed by atoms with Crippen molar-refractivity contribution in [1.82, 2.24) is 0 Å². The molecular weight excluding hydrogens is 292 g/mol. The zero-order chi connectivity index (χ0) is 15.4. The van der Waals surface area contributed by atoms with Gasteiger partial charge in [0.1, 0.15) is 0 Å². The van der Waals surface area contributed by atoms with E-state index in [-0.39, 0.29) is 11.4 Å². The molecule has 2 aromatic rings. The second-order valence-electron chi connectivity index (χ2n) is 4.58. The van der Waals surface area contributed by atoms with Crippen LogP contribution in [0.5, 0.6) is 5.75 Å². The fourth-order valence-electron chi connectivity index (χ4n) is 1.97. The minimum absolute atomic E-state index is 0.0420. The van der Waals surface area contributed by atoms with E-state index in [1.165, 1.54) is 13.2 Å². The highest BCUT2D eigenvalue weighted by Crippen LogP contribution is 2.28. The van der Waals surface area contributed by atoms with E-state index >= 15 is 0 Å². The molecule has 0 unspecified atom stereocenters. The van der Waals surface area contributed by atoms with Gasteiger partial charge in [0.05, 0.1) is 12.0 Å². The van der Waals surface area contributed by atoms with Crippen molar-refractivity contribution < 1.29 is 9.66 Å². The Labute approximate surface area is 127 Å². The number of nitro groups is 1. The summed E-state index contributed by atoms with van der Waals surface area (Å²) in [6, 6.07) is 10.5. The Hall–Kier alpha value is -2.27. The van der Waals surface area contributed by atoms with Crippen molar-refractivity contribution in [2.45, 2.75) is 13.5 Å². The minimum Gasteiger partial charge on any atom is -0.490 e. The third-order valence-electron chi connectivity index (χ3n) is 3.12. The van der Waals surface area contributed by atoms with Crippen LogP contribution in [0.4, 0.5) is 11.4 Å². The van der Waals surface area contributed by atoms with Gasteiger partial charge in [-0.15, -0.1) is 0 Å². The highest BCUT2D eigenvalue weighted by Gasteiger charge is 2.15. The number of rotatable bonds is 5. The van der Waals surface area contributed by atoms with Gasteiger partial charge in [-0.05, 0) is 36.2 Å². The van der Waals surface area contributed by atoms with Crippen molar-refractivity contribution in [1.29, 1.82) is 0 Å². The average molecular weight is 307 g/mol. The molecule has 5 nitrogen and oxygen atoms in total. The molecule has 1 N–H and O–H groups in total. The van der Waals surface area contributed by atoms with E-state index in [1.54, 1.807) is 12.1 Å². The van der Waals surface area contributed by atoms with Gasteiger partial charge in [-0.3, -0.25) is 10.1 Å². The van der Waals surface area contributed by atoms with E-state index in [4.69, 9.17) is 16.3 Å². The molecule has 0 spiro atoms. The Morgan fingerprint density at radius 3 is 2.71 bits per heavy atom. The van der Waals surface area contributed by atoms with Crippen LogP contribution >= 0.6 is 11.6 Å². The lowest BCUT2D eigenvalue weighted by Gasteiger charge is -2.10. The summed E-state index contributed by atoms with van der Waals surface area (Å²) in [4.78, 5) is 10.5. The van der Waals surface area contributed by atoms with E-state index in [1.807, 2.05) is 25.1 Å². The van der Waals surface area contributed by atoms with Crippen LogP contribution < -0.4 is 10.1 Å². The zero-order valence-corrected chi connectivity index (χ0v) is 12.5. The van der Waals surface area contributed by atoms with E-state index in [2.05, 4.69) is 5.32 Å². The molecule has 2 rings (SSSR count). The van der Waals surface area contributed by atoms with E-state index in [0.717, 1.165) is 16.8 Å². The zero-order valence-electron chi connectivity index (χ0n) is 11.7. The van der Waals surface area contributed by atoms with Crippen molar-refractivity contribution in [3.8, 4) is 5.75 Å². The second kappa shape index (κ2) is 6.45. The molecule has 6 heteroatoms. The number of hydrogen-bond donors (Lipinski definition) is 1. The van der Waals surface area contributed by atoms with Gasteiger partial charge in [0, 0.05) is 23.3 Å². The normalized spacial score (nSPS) is 10.2. The molecule has 0 amide bonds. The van der Waals surface area contributed by atoms with Gasteiger partial charge in [0.25, 0.3) is 0 Å². The van der Waals surface area contributed by atoms with Crippen LogP contribution in [0.3, 0.4) is 0 Å². The number of nitro benzene ring substituents is 1. The Bertz CT molecular complexity index is 674. The van der Waals surface area contributed by atoms with E-state index in [0.29, 0.717) is 11.6 Å². The molecule has 0 aliphatic rings. The number of ether oxygens (including phenoxy) is 1. The van der Waals surface area contributed by atoms with Crippen LogP contribution in [0.15, 0.2) is 36.4 Å². The molecule has 0 aromatic heterocycles. The van der Waals surface area contributed by atoms with Crippen molar-refractivity contribution in [2.24, 2.45) is 0 Å². The SMILES string of the molecule is COc1ccc(CNc2cc(Cl)ccc2C)cc1[N+](=O)[O-]. The summed E-state index contributed by atoms with van der Waals surface area (Å²) in [7, 11) is 1.41. The standard InChI is InChI=1S/C15H15ClN2O3/c1-10-3-5-12(16)8-13(10)17-9-11-4-6-15(21-2)14(7-11)18(19)20/h3-8,17H,9H2,1-2H3. The Morgan fingerprint density at radius 1 is 1.29 bits per heavy atom. The Balaban J connectivity index is 2.18. The second-order valence-corrected chi connectivity index (χ2v) is 5.01. The molecule has 110 valence electrons. The quantitative estimate of drug-likeness (QED) is 0.665. The molecular formula is C15H15ClN2O3. The van der Waals surface area contributed by atoms with Crippen LogP contribution in [-0.2, 0) is 6.54 Å². The van der Waals surface area contributed by atoms with Crippen LogP contribution in [0, 0.1) is 17.0 Å². The summed E-state index contributed by atoms with van der Waals surface area (Å²) in [5.74, 6) is 0.252. The van der Waals surface area contributed by atoms with E-state index in [9.17, 15) is 10.1 Å². The molecule has 0 atom stereocenters. The number of benzene rings is 2. The maximum absolute atomic E-state index is 11.0. The van der Waals surface area contributed by atoms with Crippen molar-refractivity contribution in [2.75, 3.05) is 12.4 Å². The van der Waals surface area contributed by atoms with Crippen LogP contribution in [0.2, 0.25) is 5.02 Å². The largest absolute Gasteiger partial charge is 0.490 e. The first-order valence-corrected chi connectivity index (χ1v) is 6.70. The average Bonchev–Trinajstić information content (AvgIpc) is 2.47. The summed E-state index contributed by atoms with van der Waals surface area (Å²) < 4.78 is 4.98. The molecule has 0 bridgehead atoms. The monoisotopic (exact) mass is 306 g/mol. The molecule has 21 heavy (non-hydrogen) atoms. The molecule has 0 aliphatic carbocycles. The number of halogens is 1. The number of methoxy groups -OCH3 is 1. The van der Waals surface area contributed by atoms with Gasteiger partial charge >= 0.3 is 5.69 Å². The number of anilines is 1. The fraction of sp³-hybridized carbons (Fsp3) is 0.200. The van der Waals surface area contributed by atoms with Gasteiger partial charge < -0.3 is 10.1 Å². The molecule has 0 saturated carbocycles. The third kappa shape index (κ3) is 3.64. The number of nitrogens with one attached hydrogen (secondary N) is 1. The van der Waals surface area contributed by atoms with Crippen LogP contribution in [-0.4, -0.2) is 12.0 Å². The summed E-state index contributed by atoms with van der Waals surface area (Å²) in [6.45, 7) is 2.43. The lowest BCUT2D eigenvalue weighted by Crippen LogP contribution is -2.02. The topological polar surface area (TPSA) is 64.4 Å². The fourth-order valence-corrected chi connectivity index (χ4v) is 2.14. The van der Waals surface area contributed by atoms with Crippen LogP contribution in [0.25, 0.3) is 0 Å². The predicted molar refractivity (Wildman–Crippen MR) is 83.2 cm³/mol. The molecule has 0 radical (unpaired) electrons. The highest BCUT2D eigenvalue weighted by atomic mass is 35.5. The van der Waals surface area contributed by atoms with Gasteiger partial charge in [0.15, 0.2) is 5.75 Å². The molecule has 0 saturated heterocycles. The maximum Gasteiger partial charge on any atom is 0.311 e. The smallest absolute Gasteiger partial charge is 0.311 e. The number of hydrogen-bond acceptors (Lipinski definition) is 4. The highest BCUT2D eigenvalue weighted by molar-refractivity contribution is 6.30. The number of aryl methyl sites for hydroxylation is 1. The molecule has 0 fully saturated rings. The minimum atomic E-state index is -0.451. The van der Waals surface area contributed by atoms with Crippen molar-refractivity contribution in [3.63, 3.8) is 0 Å². The summed E-state index contributed by atoms with van der Waals surface area (Å²) in [6.07, 6.45) is 0. The van der Waals surface area contributed by atoms with Crippen molar-refractivity contribution in [3.05, 3.63) is 62.7 Å². The Kier molecular flexibility index (Phi) is 4.65. The molecule has 2 aromatic carbocycles. The van der Waals surface area contributed by atoms with Gasteiger partial charge in [-0.2, -0.15) is 0 Å². The van der Waals surface area contributed by atoms with E-state index < -0.39 is 4.92 Å². The molecule has 0 aliphatic heterocycles. The predicted octanol–water partition coefficient (Wildman–Crippen LogP) is 4.18. The number of nitrogens with zero attached hydrogens (tertiary/aromatic N) is 1. The lowest BCUT2D eigenvalue weighted by molar-refractivity contribution is -0.385. The lowest BCUT2D eigenvalue weighted by atomic mass is 10.1. The first-order chi connectivity index (χ1) is 10.0. The summed E-state index contributed by atoms with van der Waals surface area (Å²) >= 11 is 5.96. The third-order valence-corrected chi connectivity index (χ3v) is 3.36. The Morgan fingerprint density at radius 2 is 2.05 bits per heavy atom. The first-order valence-electron chi connectivity index (χ1n) is 6.32. The first kappa shape index (κ1) is 15.1. The summed E-state index contributed by atoms with van der Waals surface area (Å²) in [5.41, 5.74) is 2.71. The molecule has 0 heterocycles. The van der Waals surface area contributed by atoms with Crippen molar-refractivity contribution >= 4 is 23.0 Å². The maximum atomic E-state index is 11.0. The summed E-state index contributed by atoms with van der Waals surface area (Å²) in [5, 5.41) is 14.9. The van der Waals surface area contributed by atoms with Gasteiger partial charge in [0.2, 0.25) is 0 Å². The van der Waals surface area contributed by atoms with Gasteiger partial charge in [-0.1, -0.05) is 23.7 Å².